The van der Waals surface area contributed by atoms with Gasteiger partial charge < -0.3 is 5.11 Å². The molecule has 0 bridgehead atoms. The normalized spacial score (nSPS) is 38.8. The average molecular weight is 150 g/mol. The summed E-state index contributed by atoms with van der Waals surface area (Å²) in [5, 5.41) is 8.27. The van der Waals surface area contributed by atoms with Crippen LogP contribution in [0.15, 0.2) is 0 Å². The van der Waals surface area contributed by atoms with E-state index in [-0.39, 0.29) is 12.8 Å². The fourth-order valence-corrected chi connectivity index (χ4v) is 1.11. The molecular formula is C6H8F2O2. The topological polar surface area (TPSA) is 37.3 Å². The van der Waals surface area contributed by atoms with Crippen molar-refractivity contribution in [3.63, 3.8) is 0 Å². The number of hydrogen-bond acceptors (Lipinski definition) is 1. The van der Waals surface area contributed by atoms with Gasteiger partial charge in [-0.05, 0) is 12.8 Å². The van der Waals surface area contributed by atoms with Crippen LogP contribution in [0.2, 0.25) is 0 Å². The molecule has 1 fully saturated rings. The molecule has 1 saturated carbocycles. The van der Waals surface area contributed by atoms with E-state index in [1.807, 2.05) is 0 Å². The van der Waals surface area contributed by atoms with Gasteiger partial charge >= 0.3 is 5.97 Å². The molecule has 1 N–H and O–H groups in total. The number of alkyl halides is 2. The lowest BCUT2D eigenvalue weighted by molar-refractivity contribution is -0.152. The van der Waals surface area contributed by atoms with Gasteiger partial charge in [0.15, 0.2) is 0 Å². The van der Waals surface area contributed by atoms with Gasteiger partial charge in [-0.2, -0.15) is 0 Å². The zero-order valence-corrected chi connectivity index (χ0v) is 5.31. The molecule has 0 aliphatic heterocycles. The molecule has 0 aromatic heterocycles. The molecule has 1 aliphatic rings. The number of carboxylic acids is 1. The molecule has 0 saturated heterocycles. The Morgan fingerprint density at radius 2 is 2.20 bits per heavy atom. The van der Waals surface area contributed by atoms with Crippen molar-refractivity contribution in [3.8, 4) is 0 Å². The van der Waals surface area contributed by atoms with Crippen molar-refractivity contribution >= 4 is 5.97 Å². The van der Waals surface area contributed by atoms with E-state index < -0.39 is 24.2 Å². The maximum absolute atomic E-state index is 12.6. The van der Waals surface area contributed by atoms with Gasteiger partial charge in [-0.1, -0.05) is 0 Å². The predicted octanol–water partition coefficient (Wildman–Crippen LogP) is 1.16. The summed E-state index contributed by atoms with van der Waals surface area (Å²) in [6.45, 7) is -1.06. The van der Waals surface area contributed by atoms with E-state index in [9.17, 15) is 13.6 Å². The number of carbonyl (C=O) groups is 1. The van der Waals surface area contributed by atoms with Crippen molar-refractivity contribution in [1.82, 2.24) is 0 Å². The number of aliphatic carboxylic acids is 1. The summed E-state index contributed by atoms with van der Waals surface area (Å²) in [5.41, 5.74) is -1.83. The minimum Gasteiger partial charge on any atom is -0.481 e. The SMILES string of the molecule is O=C(O)C1CC(F)(CF)C1. The standard InChI is InChI=1S/C6H8F2O2/c7-3-6(8)1-4(2-6)5(9)10/h4H,1-3H2,(H,9,10). The van der Waals surface area contributed by atoms with Crippen LogP contribution in [0, 0.1) is 5.92 Å². The van der Waals surface area contributed by atoms with E-state index in [4.69, 9.17) is 5.11 Å². The zero-order valence-electron chi connectivity index (χ0n) is 5.31. The van der Waals surface area contributed by atoms with Crippen LogP contribution < -0.4 is 0 Å². The fraction of sp³-hybridized carbons (Fsp3) is 0.833. The molecule has 0 aromatic carbocycles. The van der Waals surface area contributed by atoms with Crippen LogP contribution in [0.4, 0.5) is 8.78 Å². The Bertz CT molecular complexity index is 152. The summed E-state index contributed by atoms with van der Waals surface area (Å²) in [5.74, 6) is -1.69. The third-order valence-electron chi connectivity index (χ3n) is 1.81. The second kappa shape index (κ2) is 2.18. The molecule has 2 nitrogen and oxygen atoms in total. The predicted molar refractivity (Wildman–Crippen MR) is 30.2 cm³/mol. The smallest absolute Gasteiger partial charge is 0.306 e. The Hall–Kier alpha value is -0.670. The fourth-order valence-electron chi connectivity index (χ4n) is 1.11. The highest BCUT2D eigenvalue weighted by molar-refractivity contribution is 5.71. The first-order chi connectivity index (χ1) is 4.57. The Kier molecular flexibility index (Phi) is 1.62. The van der Waals surface area contributed by atoms with Crippen molar-refractivity contribution in [2.75, 3.05) is 6.67 Å². The van der Waals surface area contributed by atoms with Crippen molar-refractivity contribution in [2.45, 2.75) is 18.5 Å². The first-order valence-corrected chi connectivity index (χ1v) is 3.05. The van der Waals surface area contributed by atoms with Crippen LogP contribution in [-0.4, -0.2) is 23.4 Å². The lowest BCUT2D eigenvalue weighted by atomic mass is 9.73. The molecule has 0 heterocycles. The summed E-state index contributed by atoms with van der Waals surface area (Å²) < 4.78 is 24.3. The lowest BCUT2D eigenvalue weighted by Gasteiger charge is -2.36. The molecule has 4 heteroatoms. The molecular weight excluding hydrogens is 142 g/mol. The molecule has 1 aliphatic carbocycles. The van der Waals surface area contributed by atoms with Gasteiger partial charge in [-0.15, -0.1) is 0 Å². The number of hydrogen-bond donors (Lipinski definition) is 1. The molecule has 0 spiro atoms. The molecule has 0 aromatic rings. The van der Waals surface area contributed by atoms with Gasteiger partial charge in [0.2, 0.25) is 0 Å². The Morgan fingerprint density at radius 1 is 1.70 bits per heavy atom. The van der Waals surface area contributed by atoms with Gasteiger partial charge in [0, 0.05) is 0 Å². The molecule has 0 atom stereocenters. The Balaban J connectivity index is 2.36. The number of halogens is 2. The van der Waals surface area contributed by atoms with Gasteiger partial charge in [0.25, 0.3) is 0 Å². The summed E-state index contributed by atoms with van der Waals surface area (Å²) in [7, 11) is 0. The first-order valence-electron chi connectivity index (χ1n) is 3.05. The maximum Gasteiger partial charge on any atom is 0.306 e. The molecule has 1 rings (SSSR count). The second-order valence-electron chi connectivity index (χ2n) is 2.73. The minimum absolute atomic E-state index is 0.168. The van der Waals surface area contributed by atoms with Gasteiger partial charge in [-0.25, -0.2) is 8.78 Å². The van der Waals surface area contributed by atoms with E-state index in [1.165, 1.54) is 0 Å². The van der Waals surface area contributed by atoms with Crippen LogP contribution in [0.25, 0.3) is 0 Å². The van der Waals surface area contributed by atoms with Gasteiger partial charge in [0.05, 0.1) is 5.92 Å². The van der Waals surface area contributed by atoms with Gasteiger partial charge in [0.1, 0.15) is 12.3 Å². The molecule has 10 heavy (non-hydrogen) atoms. The van der Waals surface area contributed by atoms with E-state index in [0.29, 0.717) is 0 Å². The monoisotopic (exact) mass is 150 g/mol. The van der Waals surface area contributed by atoms with Crippen LogP contribution >= 0.6 is 0 Å². The third kappa shape index (κ3) is 1.10. The average Bonchev–Trinajstić information content (AvgIpc) is 1.80. The highest BCUT2D eigenvalue weighted by Gasteiger charge is 2.48. The quantitative estimate of drug-likeness (QED) is 0.641. The van der Waals surface area contributed by atoms with Crippen LogP contribution in [0.1, 0.15) is 12.8 Å². The summed E-state index contributed by atoms with van der Waals surface area (Å²) in [6.07, 6.45) is -0.336. The van der Waals surface area contributed by atoms with E-state index >= 15 is 0 Å². The first kappa shape index (κ1) is 7.44. The maximum atomic E-state index is 12.6. The molecule has 0 amide bonds. The highest BCUT2D eigenvalue weighted by Crippen LogP contribution is 2.41. The number of rotatable bonds is 2. The molecule has 0 radical (unpaired) electrons. The summed E-state index contributed by atoms with van der Waals surface area (Å²) >= 11 is 0. The van der Waals surface area contributed by atoms with E-state index in [0.717, 1.165) is 0 Å². The van der Waals surface area contributed by atoms with E-state index in [1.54, 1.807) is 0 Å². The second-order valence-corrected chi connectivity index (χ2v) is 2.73. The lowest BCUT2D eigenvalue weighted by Crippen LogP contribution is -2.45. The van der Waals surface area contributed by atoms with Crippen LogP contribution in [0.3, 0.4) is 0 Å². The summed E-state index contributed by atoms with van der Waals surface area (Å²) in [4.78, 5) is 10.1. The van der Waals surface area contributed by atoms with Crippen molar-refractivity contribution in [2.24, 2.45) is 5.92 Å². The van der Waals surface area contributed by atoms with Crippen LogP contribution in [0.5, 0.6) is 0 Å². The Labute approximate surface area is 56.8 Å². The van der Waals surface area contributed by atoms with Crippen molar-refractivity contribution < 1.29 is 18.7 Å². The van der Waals surface area contributed by atoms with Crippen molar-refractivity contribution in [3.05, 3.63) is 0 Å². The number of carboxylic acid groups (broad SMARTS) is 1. The largest absolute Gasteiger partial charge is 0.481 e. The molecule has 0 unspecified atom stereocenters. The van der Waals surface area contributed by atoms with Crippen molar-refractivity contribution in [1.29, 1.82) is 0 Å². The third-order valence-corrected chi connectivity index (χ3v) is 1.81. The van der Waals surface area contributed by atoms with Crippen LogP contribution in [-0.2, 0) is 4.79 Å². The highest BCUT2D eigenvalue weighted by atomic mass is 19.2. The van der Waals surface area contributed by atoms with E-state index in [2.05, 4.69) is 0 Å². The van der Waals surface area contributed by atoms with Gasteiger partial charge in [-0.3, -0.25) is 4.79 Å². The Morgan fingerprint density at radius 3 is 2.50 bits per heavy atom. The molecule has 58 valence electrons. The summed E-state index contributed by atoms with van der Waals surface area (Å²) in [6, 6.07) is 0. The minimum atomic E-state index is -1.83. The zero-order chi connectivity index (χ0) is 7.78.